The second kappa shape index (κ2) is 6.34. The topological polar surface area (TPSA) is 65.5 Å². The van der Waals surface area contributed by atoms with Crippen LogP contribution in [-0.2, 0) is 0 Å². The maximum absolute atomic E-state index is 11.1. The fourth-order valence-corrected chi connectivity index (χ4v) is 1.97. The zero-order valence-corrected chi connectivity index (χ0v) is 11.8. The quantitative estimate of drug-likeness (QED) is 0.845. The Balaban J connectivity index is 2.16. The number of fused-ring (bicyclic) bond motifs is 1. The van der Waals surface area contributed by atoms with Gasteiger partial charge in [0.2, 0.25) is 0 Å². The summed E-state index contributed by atoms with van der Waals surface area (Å²) in [6.45, 7) is 4.86. The van der Waals surface area contributed by atoms with Gasteiger partial charge in [-0.25, -0.2) is 9.78 Å². The van der Waals surface area contributed by atoms with E-state index in [9.17, 15) is 4.79 Å². The molecule has 1 aromatic heterocycles. The van der Waals surface area contributed by atoms with Gasteiger partial charge in [-0.2, -0.15) is 0 Å². The van der Waals surface area contributed by atoms with E-state index >= 15 is 0 Å². The minimum absolute atomic E-state index is 0.285. The van der Waals surface area contributed by atoms with Gasteiger partial charge in [-0.3, -0.25) is 0 Å². The van der Waals surface area contributed by atoms with Crippen LogP contribution in [0.5, 0.6) is 0 Å². The van der Waals surface area contributed by atoms with Gasteiger partial charge in [0.05, 0.1) is 11.1 Å². The molecule has 0 aliphatic heterocycles. The number of hydrogen-bond donors (Lipinski definition) is 2. The summed E-state index contributed by atoms with van der Waals surface area (Å²) in [5.74, 6) is -0.160. The number of nitrogens with one attached hydrogen (secondary N) is 1. The van der Waals surface area contributed by atoms with Gasteiger partial charge in [-0.05, 0) is 37.9 Å². The Morgan fingerprint density at radius 2 is 2.15 bits per heavy atom. The van der Waals surface area contributed by atoms with E-state index in [4.69, 9.17) is 5.11 Å². The summed E-state index contributed by atoms with van der Waals surface area (Å²) in [4.78, 5) is 17.8. The molecule has 0 aliphatic rings. The lowest BCUT2D eigenvalue weighted by atomic mass is 10.1. The number of hydrogen-bond acceptors (Lipinski definition) is 4. The first-order chi connectivity index (χ1) is 9.61. The maximum atomic E-state index is 11.1. The van der Waals surface area contributed by atoms with Crippen LogP contribution in [0.1, 0.15) is 17.3 Å². The zero-order valence-electron chi connectivity index (χ0n) is 11.8. The van der Waals surface area contributed by atoms with E-state index in [1.807, 2.05) is 12.1 Å². The molecule has 1 aromatic carbocycles. The summed E-state index contributed by atoms with van der Waals surface area (Å²) in [5, 5.41) is 13.0. The Bertz CT molecular complexity index is 613. The number of pyridine rings is 1. The van der Waals surface area contributed by atoms with Crippen molar-refractivity contribution in [1.29, 1.82) is 0 Å². The zero-order chi connectivity index (χ0) is 14.5. The van der Waals surface area contributed by atoms with Gasteiger partial charge in [0.15, 0.2) is 0 Å². The SMILES string of the molecule is CCN(C)CCNc1ccc2c(C(=O)O)cccc2n1. The van der Waals surface area contributed by atoms with Crippen LogP contribution in [0.3, 0.4) is 0 Å². The van der Waals surface area contributed by atoms with Crippen molar-refractivity contribution in [3.05, 3.63) is 35.9 Å². The molecular weight excluding hydrogens is 254 g/mol. The number of nitrogens with zero attached hydrogens (tertiary/aromatic N) is 2. The van der Waals surface area contributed by atoms with Crippen molar-refractivity contribution in [3.63, 3.8) is 0 Å². The smallest absolute Gasteiger partial charge is 0.336 e. The van der Waals surface area contributed by atoms with Crippen molar-refractivity contribution in [1.82, 2.24) is 9.88 Å². The maximum Gasteiger partial charge on any atom is 0.336 e. The van der Waals surface area contributed by atoms with Crippen LogP contribution >= 0.6 is 0 Å². The number of benzene rings is 1. The number of aromatic carboxylic acids is 1. The molecule has 0 atom stereocenters. The molecule has 0 amide bonds. The molecular formula is C15H19N3O2. The summed E-state index contributed by atoms with van der Waals surface area (Å²) in [7, 11) is 2.06. The van der Waals surface area contributed by atoms with Crippen molar-refractivity contribution in [2.75, 3.05) is 32.0 Å². The minimum Gasteiger partial charge on any atom is -0.478 e. The van der Waals surface area contributed by atoms with Crippen LogP contribution in [0.4, 0.5) is 5.82 Å². The van der Waals surface area contributed by atoms with Crippen molar-refractivity contribution < 1.29 is 9.90 Å². The molecule has 2 N–H and O–H groups in total. The second-order valence-corrected chi connectivity index (χ2v) is 4.70. The number of carboxylic acid groups (broad SMARTS) is 1. The largest absolute Gasteiger partial charge is 0.478 e. The van der Waals surface area contributed by atoms with Gasteiger partial charge < -0.3 is 15.3 Å². The van der Waals surface area contributed by atoms with Crippen LogP contribution in [0.15, 0.2) is 30.3 Å². The first kappa shape index (κ1) is 14.3. The Morgan fingerprint density at radius 3 is 2.85 bits per heavy atom. The standard InChI is InChI=1S/C15H19N3O2/c1-3-18(2)10-9-16-14-8-7-11-12(15(19)20)5-4-6-13(11)17-14/h4-8H,3,9-10H2,1-2H3,(H,16,17)(H,19,20). The molecule has 0 aliphatic carbocycles. The second-order valence-electron chi connectivity index (χ2n) is 4.70. The molecule has 5 nitrogen and oxygen atoms in total. The molecule has 0 bridgehead atoms. The number of aromatic nitrogens is 1. The lowest BCUT2D eigenvalue weighted by molar-refractivity contribution is 0.0699. The van der Waals surface area contributed by atoms with E-state index in [0.29, 0.717) is 10.9 Å². The number of carboxylic acids is 1. The van der Waals surface area contributed by atoms with E-state index in [1.165, 1.54) is 0 Å². The highest BCUT2D eigenvalue weighted by Crippen LogP contribution is 2.19. The molecule has 0 unspecified atom stereocenters. The van der Waals surface area contributed by atoms with Crippen molar-refractivity contribution in [2.24, 2.45) is 0 Å². The lowest BCUT2D eigenvalue weighted by Crippen LogP contribution is -2.24. The molecule has 1 heterocycles. The fourth-order valence-electron chi connectivity index (χ4n) is 1.97. The fraction of sp³-hybridized carbons (Fsp3) is 0.333. The summed E-state index contributed by atoms with van der Waals surface area (Å²) < 4.78 is 0. The molecule has 0 fully saturated rings. The third kappa shape index (κ3) is 3.24. The predicted molar refractivity (Wildman–Crippen MR) is 80.4 cm³/mol. The number of anilines is 1. The summed E-state index contributed by atoms with van der Waals surface area (Å²) in [5.41, 5.74) is 0.978. The van der Waals surface area contributed by atoms with E-state index in [1.54, 1.807) is 18.2 Å². The van der Waals surface area contributed by atoms with Crippen molar-refractivity contribution in [3.8, 4) is 0 Å². The van der Waals surface area contributed by atoms with Crippen molar-refractivity contribution in [2.45, 2.75) is 6.92 Å². The molecule has 2 rings (SSSR count). The van der Waals surface area contributed by atoms with Crippen LogP contribution < -0.4 is 5.32 Å². The third-order valence-corrected chi connectivity index (χ3v) is 3.30. The first-order valence-electron chi connectivity index (χ1n) is 6.67. The normalized spacial score (nSPS) is 10.9. The summed E-state index contributed by atoms with van der Waals surface area (Å²) in [6, 6.07) is 8.76. The number of rotatable bonds is 6. The molecule has 0 spiro atoms. The average Bonchev–Trinajstić information content (AvgIpc) is 2.46. The van der Waals surface area contributed by atoms with Gasteiger partial charge in [0.1, 0.15) is 5.82 Å². The molecule has 5 heteroatoms. The van der Waals surface area contributed by atoms with Crippen LogP contribution in [0.25, 0.3) is 10.9 Å². The van der Waals surface area contributed by atoms with E-state index in [2.05, 4.69) is 29.2 Å². The van der Waals surface area contributed by atoms with Gasteiger partial charge in [0, 0.05) is 18.5 Å². The molecule has 2 aromatic rings. The molecule has 0 saturated heterocycles. The van der Waals surface area contributed by atoms with E-state index < -0.39 is 5.97 Å². The van der Waals surface area contributed by atoms with E-state index in [0.717, 1.165) is 25.5 Å². The third-order valence-electron chi connectivity index (χ3n) is 3.30. The Morgan fingerprint density at radius 1 is 1.35 bits per heavy atom. The van der Waals surface area contributed by atoms with Gasteiger partial charge in [0.25, 0.3) is 0 Å². The summed E-state index contributed by atoms with van der Waals surface area (Å²) in [6.07, 6.45) is 0. The average molecular weight is 273 g/mol. The van der Waals surface area contributed by atoms with E-state index in [-0.39, 0.29) is 5.56 Å². The number of likely N-dealkylation sites (N-methyl/N-ethyl adjacent to an activating group) is 1. The van der Waals surface area contributed by atoms with Crippen LogP contribution in [0, 0.1) is 0 Å². The van der Waals surface area contributed by atoms with Crippen LogP contribution in [-0.4, -0.2) is 47.6 Å². The van der Waals surface area contributed by atoms with Gasteiger partial charge >= 0.3 is 5.97 Å². The minimum atomic E-state index is -0.928. The molecule has 20 heavy (non-hydrogen) atoms. The van der Waals surface area contributed by atoms with Crippen LogP contribution in [0.2, 0.25) is 0 Å². The predicted octanol–water partition coefficient (Wildman–Crippen LogP) is 2.30. The number of carbonyl (C=O) groups is 1. The molecule has 0 saturated carbocycles. The molecule has 0 radical (unpaired) electrons. The Kier molecular flexibility index (Phi) is 4.53. The highest BCUT2D eigenvalue weighted by molar-refractivity contribution is 6.02. The Labute approximate surface area is 118 Å². The van der Waals surface area contributed by atoms with Gasteiger partial charge in [-0.1, -0.05) is 13.0 Å². The first-order valence-corrected chi connectivity index (χ1v) is 6.67. The van der Waals surface area contributed by atoms with Crippen molar-refractivity contribution >= 4 is 22.7 Å². The van der Waals surface area contributed by atoms with Gasteiger partial charge in [-0.15, -0.1) is 0 Å². The Hall–Kier alpha value is -2.14. The summed E-state index contributed by atoms with van der Waals surface area (Å²) >= 11 is 0. The highest BCUT2D eigenvalue weighted by Gasteiger charge is 2.08. The lowest BCUT2D eigenvalue weighted by Gasteiger charge is -2.14. The molecule has 106 valence electrons. The highest BCUT2D eigenvalue weighted by atomic mass is 16.4. The monoisotopic (exact) mass is 273 g/mol.